The van der Waals surface area contributed by atoms with Crippen LogP contribution >= 0.6 is 0 Å². The third-order valence-electron chi connectivity index (χ3n) is 4.74. The summed E-state index contributed by atoms with van der Waals surface area (Å²) in [7, 11) is 0. The third kappa shape index (κ3) is 4.75. The molecule has 156 valence electrons. The number of carbonyl (C=O) groups excluding carboxylic acids is 2. The van der Waals surface area contributed by atoms with Crippen LogP contribution in [-0.4, -0.2) is 53.3 Å². The minimum Gasteiger partial charge on any atom is -0.481 e. The summed E-state index contributed by atoms with van der Waals surface area (Å²) in [5.74, 6) is -3.74. The SMILES string of the molecule is O=C(O)CNC(=O)[C@H](CC(=O)O)NC(=O)OCC1c2ccccc2-c2ccccc21. The van der Waals surface area contributed by atoms with E-state index in [9.17, 15) is 19.2 Å². The molecule has 0 saturated carbocycles. The summed E-state index contributed by atoms with van der Waals surface area (Å²) in [5.41, 5.74) is 4.12. The maximum atomic E-state index is 12.2. The van der Waals surface area contributed by atoms with Gasteiger partial charge in [0.15, 0.2) is 0 Å². The molecule has 30 heavy (non-hydrogen) atoms. The Morgan fingerprint density at radius 3 is 2.00 bits per heavy atom. The lowest BCUT2D eigenvalue weighted by Gasteiger charge is -2.18. The van der Waals surface area contributed by atoms with Crippen molar-refractivity contribution in [3.8, 4) is 11.1 Å². The molecule has 0 radical (unpaired) electrons. The van der Waals surface area contributed by atoms with Gasteiger partial charge in [0.2, 0.25) is 5.91 Å². The van der Waals surface area contributed by atoms with E-state index in [1.54, 1.807) is 0 Å². The maximum Gasteiger partial charge on any atom is 0.407 e. The normalized spacial score (nSPS) is 12.9. The van der Waals surface area contributed by atoms with Crippen LogP contribution in [0.3, 0.4) is 0 Å². The number of carboxylic acids is 2. The number of alkyl carbamates (subject to hydrolysis) is 1. The molecule has 9 nitrogen and oxygen atoms in total. The smallest absolute Gasteiger partial charge is 0.407 e. The van der Waals surface area contributed by atoms with Gasteiger partial charge in [-0.1, -0.05) is 48.5 Å². The molecule has 1 atom stereocenters. The van der Waals surface area contributed by atoms with Gasteiger partial charge >= 0.3 is 18.0 Å². The summed E-state index contributed by atoms with van der Waals surface area (Å²) < 4.78 is 5.29. The van der Waals surface area contributed by atoms with Crippen LogP contribution in [0.4, 0.5) is 4.79 Å². The van der Waals surface area contributed by atoms with Crippen molar-refractivity contribution in [2.45, 2.75) is 18.4 Å². The molecule has 2 aromatic rings. The number of amides is 2. The lowest BCUT2D eigenvalue weighted by molar-refractivity contribution is -0.140. The van der Waals surface area contributed by atoms with Crippen LogP contribution < -0.4 is 10.6 Å². The molecular weight excluding hydrogens is 392 g/mol. The summed E-state index contributed by atoms with van der Waals surface area (Å²) >= 11 is 0. The lowest BCUT2D eigenvalue weighted by atomic mass is 9.98. The second-order valence-electron chi connectivity index (χ2n) is 6.73. The van der Waals surface area contributed by atoms with Gasteiger partial charge in [0.25, 0.3) is 0 Å². The van der Waals surface area contributed by atoms with Gasteiger partial charge < -0.3 is 25.6 Å². The van der Waals surface area contributed by atoms with Crippen molar-refractivity contribution in [3.63, 3.8) is 0 Å². The Morgan fingerprint density at radius 2 is 1.47 bits per heavy atom. The van der Waals surface area contributed by atoms with Crippen LogP contribution in [0.5, 0.6) is 0 Å². The topological polar surface area (TPSA) is 142 Å². The average Bonchev–Trinajstić information content (AvgIpc) is 3.03. The number of carbonyl (C=O) groups is 4. The first-order valence-corrected chi connectivity index (χ1v) is 9.19. The number of aliphatic carboxylic acids is 2. The Morgan fingerprint density at radius 1 is 0.900 bits per heavy atom. The first kappa shape index (κ1) is 20.8. The largest absolute Gasteiger partial charge is 0.481 e. The number of nitrogens with one attached hydrogen (secondary N) is 2. The number of ether oxygens (including phenoxy) is 1. The molecule has 1 aliphatic carbocycles. The van der Waals surface area contributed by atoms with Crippen molar-refractivity contribution >= 4 is 23.9 Å². The second kappa shape index (κ2) is 9.08. The van der Waals surface area contributed by atoms with Gasteiger partial charge in [0.1, 0.15) is 19.2 Å². The van der Waals surface area contributed by atoms with Crippen molar-refractivity contribution in [2.24, 2.45) is 0 Å². The van der Waals surface area contributed by atoms with E-state index >= 15 is 0 Å². The number of hydrogen-bond acceptors (Lipinski definition) is 5. The van der Waals surface area contributed by atoms with E-state index in [0.29, 0.717) is 0 Å². The Hall–Kier alpha value is -3.88. The molecule has 0 heterocycles. The highest BCUT2D eigenvalue weighted by atomic mass is 16.5. The molecule has 0 unspecified atom stereocenters. The van der Waals surface area contributed by atoms with Gasteiger partial charge in [-0.25, -0.2) is 4.79 Å². The van der Waals surface area contributed by atoms with Gasteiger partial charge in [-0.15, -0.1) is 0 Å². The van der Waals surface area contributed by atoms with Crippen molar-refractivity contribution < 1.29 is 34.1 Å². The molecular formula is C21H20N2O7. The monoisotopic (exact) mass is 412 g/mol. The number of benzene rings is 2. The van der Waals surface area contributed by atoms with E-state index < -0.39 is 42.9 Å². The van der Waals surface area contributed by atoms with E-state index in [2.05, 4.69) is 5.32 Å². The Balaban J connectivity index is 1.66. The maximum absolute atomic E-state index is 12.2. The summed E-state index contributed by atoms with van der Waals surface area (Å²) in [6, 6.07) is 14.1. The highest BCUT2D eigenvalue weighted by Gasteiger charge is 2.30. The fraction of sp³-hybridized carbons (Fsp3) is 0.238. The highest BCUT2D eigenvalue weighted by Crippen LogP contribution is 2.44. The first-order chi connectivity index (χ1) is 14.4. The van der Waals surface area contributed by atoms with E-state index in [4.69, 9.17) is 14.9 Å². The van der Waals surface area contributed by atoms with Crippen LogP contribution in [-0.2, 0) is 19.1 Å². The van der Waals surface area contributed by atoms with Crippen LogP contribution in [0.15, 0.2) is 48.5 Å². The fourth-order valence-electron chi connectivity index (χ4n) is 3.45. The molecule has 0 aromatic heterocycles. The van der Waals surface area contributed by atoms with Crippen LogP contribution in [0.25, 0.3) is 11.1 Å². The fourth-order valence-corrected chi connectivity index (χ4v) is 3.45. The van der Waals surface area contributed by atoms with Gasteiger partial charge in [-0.05, 0) is 22.3 Å². The number of rotatable bonds is 8. The van der Waals surface area contributed by atoms with Gasteiger partial charge in [-0.3, -0.25) is 14.4 Å². The summed E-state index contributed by atoms with van der Waals surface area (Å²) in [6.07, 6.45) is -1.68. The van der Waals surface area contributed by atoms with E-state index in [1.165, 1.54) is 0 Å². The minimum absolute atomic E-state index is 0.00357. The Kier molecular flexibility index (Phi) is 6.31. The van der Waals surface area contributed by atoms with Crippen LogP contribution in [0, 0.1) is 0 Å². The predicted octanol–water partition coefficient (Wildman–Crippen LogP) is 1.57. The van der Waals surface area contributed by atoms with Crippen molar-refractivity contribution in [1.82, 2.24) is 10.6 Å². The van der Waals surface area contributed by atoms with E-state index in [1.807, 2.05) is 53.8 Å². The highest BCUT2D eigenvalue weighted by molar-refractivity contribution is 5.91. The van der Waals surface area contributed by atoms with E-state index in [-0.39, 0.29) is 12.5 Å². The molecule has 4 N–H and O–H groups in total. The molecule has 3 rings (SSSR count). The zero-order valence-electron chi connectivity index (χ0n) is 15.8. The summed E-state index contributed by atoms with van der Waals surface area (Å²) in [5, 5.41) is 21.8. The zero-order valence-corrected chi connectivity index (χ0v) is 15.8. The number of fused-ring (bicyclic) bond motifs is 3. The summed E-state index contributed by atoms with van der Waals surface area (Å²) in [6.45, 7) is -0.697. The van der Waals surface area contributed by atoms with Gasteiger partial charge in [0.05, 0.1) is 6.42 Å². The molecule has 0 fully saturated rings. The molecule has 1 aliphatic rings. The molecule has 0 aliphatic heterocycles. The van der Waals surface area contributed by atoms with Crippen molar-refractivity contribution in [1.29, 1.82) is 0 Å². The lowest BCUT2D eigenvalue weighted by Crippen LogP contribution is -2.49. The molecule has 2 amide bonds. The third-order valence-corrected chi connectivity index (χ3v) is 4.74. The minimum atomic E-state index is -1.46. The molecule has 0 saturated heterocycles. The van der Waals surface area contributed by atoms with Crippen LogP contribution in [0.1, 0.15) is 23.5 Å². The van der Waals surface area contributed by atoms with Crippen LogP contribution in [0.2, 0.25) is 0 Å². The number of carboxylic acid groups (broad SMARTS) is 2. The molecule has 0 spiro atoms. The van der Waals surface area contributed by atoms with Gasteiger partial charge in [-0.2, -0.15) is 0 Å². The molecule has 0 bridgehead atoms. The zero-order chi connectivity index (χ0) is 21.7. The number of hydrogen-bond donors (Lipinski definition) is 4. The van der Waals surface area contributed by atoms with Gasteiger partial charge in [0, 0.05) is 5.92 Å². The second-order valence-corrected chi connectivity index (χ2v) is 6.73. The van der Waals surface area contributed by atoms with Crippen molar-refractivity contribution in [3.05, 3.63) is 59.7 Å². The first-order valence-electron chi connectivity index (χ1n) is 9.19. The quantitative estimate of drug-likeness (QED) is 0.515. The standard InChI is InChI=1S/C21H20N2O7/c24-18(25)9-17(20(28)22-10-19(26)27)23-21(29)30-11-16-14-7-3-1-5-12(14)13-6-2-4-8-15(13)16/h1-8,16-17H,9-11H2,(H,22,28)(H,23,29)(H,24,25)(H,26,27)/t17-/m0/s1. The summed E-state index contributed by atoms with van der Waals surface area (Å²) in [4.78, 5) is 45.8. The average molecular weight is 412 g/mol. The predicted molar refractivity (Wildman–Crippen MR) is 105 cm³/mol. The van der Waals surface area contributed by atoms with Crippen molar-refractivity contribution in [2.75, 3.05) is 13.2 Å². The van der Waals surface area contributed by atoms with E-state index in [0.717, 1.165) is 22.3 Å². The molecule has 2 aromatic carbocycles. The Labute approximate surface area is 171 Å². The Bertz CT molecular complexity index is 943. The molecule has 9 heteroatoms.